The van der Waals surface area contributed by atoms with Gasteiger partial charge in [0.1, 0.15) is 0 Å². The number of hydrogen-bond donors (Lipinski definition) is 0. The first-order valence-electron chi connectivity index (χ1n) is 10.5. The molecule has 2 heteroatoms. The minimum atomic E-state index is 0.661. The summed E-state index contributed by atoms with van der Waals surface area (Å²) in [6.45, 7) is 0. The molecular weight excluding hydrogens is 376 g/mol. The summed E-state index contributed by atoms with van der Waals surface area (Å²) in [5, 5.41) is 9.42. The van der Waals surface area contributed by atoms with E-state index in [0.29, 0.717) is 5.71 Å². The molecule has 0 bridgehead atoms. The summed E-state index contributed by atoms with van der Waals surface area (Å²) in [6.07, 6.45) is 0. The minimum absolute atomic E-state index is 0.661. The van der Waals surface area contributed by atoms with Gasteiger partial charge in [0.2, 0.25) is 0 Å². The van der Waals surface area contributed by atoms with Crippen molar-refractivity contribution in [2.45, 2.75) is 0 Å². The molecule has 0 aliphatic heterocycles. The number of nitrogens with zero attached hydrogens (tertiary/aromatic N) is 2. The molecule has 7 rings (SSSR count). The van der Waals surface area contributed by atoms with Gasteiger partial charge < -0.3 is 5.53 Å². The van der Waals surface area contributed by atoms with E-state index >= 15 is 0 Å². The highest BCUT2D eigenvalue weighted by Crippen LogP contribution is 2.50. The second-order valence-corrected chi connectivity index (χ2v) is 8.13. The zero-order valence-corrected chi connectivity index (χ0v) is 16.6. The predicted molar refractivity (Wildman–Crippen MR) is 129 cm³/mol. The van der Waals surface area contributed by atoms with Gasteiger partial charge in [0.05, 0.1) is 11.1 Å². The van der Waals surface area contributed by atoms with Crippen LogP contribution < -0.4 is 0 Å². The van der Waals surface area contributed by atoms with Crippen molar-refractivity contribution in [3.63, 3.8) is 0 Å². The highest BCUT2D eigenvalue weighted by molar-refractivity contribution is 6.40. The number of fused-ring (bicyclic) bond motifs is 13. The third-order valence-corrected chi connectivity index (χ3v) is 6.69. The molecule has 0 spiro atoms. The Morgan fingerprint density at radius 3 is 0.903 bits per heavy atom. The van der Waals surface area contributed by atoms with Crippen LogP contribution in [0.25, 0.3) is 59.7 Å². The van der Waals surface area contributed by atoms with E-state index in [2.05, 4.69) is 102 Å². The number of rotatable bonds is 0. The second kappa shape index (κ2) is 5.89. The Morgan fingerprint density at radius 2 is 0.613 bits per heavy atom. The Kier molecular flexibility index (Phi) is 3.14. The molecule has 0 amide bonds. The summed E-state index contributed by atoms with van der Waals surface area (Å²) < 4.78 is 0. The van der Waals surface area contributed by atoms with Gasteiger partial charge in [0.25, 0.3) is 0 Å². The molecule has 6 aromatic carbocycles. The molecule has 0 heterocycles. The average Bonchev–Trinajstić information content (AvgIpc) is 3.20. The quantitative estimate of drug-likeness (QED) is 0.147. The van der Waals surface area contributed by atoms with Gasteiger partial charge in [-0.25, -0.2) is 0 Å². The normalized spacial score (nSPS) is 12.5. The van der Waals surface area contributed by atoms with Crippen LogP contribution >= 0.6 is 0 Å². The van der Waals surface area contributed by atoms with E-state index in [-0.39, 0.29) is 0 Å². The molecule has 142 valence electrons. The van der Waals surface area contributed by atoms with Crippen LogP contribution in [0.5, 0.6) is 0 Å². The zero-order valence-electron chi connectivity index (χ0n) is 16.6. The smallest absolute Gasteiger partial charge is 0.332 e. The van der Waals surface area contributed by atoms with Gasteiger partial charge in [-0.1, -0.05) is 97.1 Å². The van der Waals surface area contributed by atoms with Crippen LogP contribution in [0.15, 0.2) is 97.1 Å². The van der Waals surface area contributed by atoms with Gasteiger partial charge in [0.15, 0.2) is 0 Å². The Labute approximate surface area is 178 Å². The molecule has 0 saturated carbocycles. The lowest BCUT2D eigenvalue weighted by Gasteiger charge is -2.13. The third kappa shape index (κ3) is 1.97. The summed E-state index contributed by atoms with van der Waals surface area (Å²) in [5.41, 5.74) is 15.3. The van der Waals surface area contributed by atoms with Crippen LogP contribution in [-0.2, 0) is 0 Å². The monoisotopic (exact) mass is 392 g/mol. The lowest BCUT2D eigenvalue weighted by molar-refractivity contribution is -0.00220. The Hall–Kier alpha value is -4.26. The summed E-state index contributed by atoms with van der Waals surface area (Å²) in [7, 11) is 0. The molecule has 0 fully saturated rings. The van der Waals surface area contributed by atoms with E-state index in [1.165, 1.54) is 43.4 Å². The zero-order chi connectivity index (χ0) is 20.5. The molecule has 31 heavy (non-hydrogen) atoms. The SMILES string of the molecule is [N-]=[N+]=C1c2c(c3ccccc3c3ccccc23)-c2c1c1ccccc1c1ccccc21. The molecule has 0 saturated heterocycles. The molecule has 0 radical (unpaired) electrons. The highest BCUT2D eigenvalue weighted by atomic mass is 14.9. The Balaban J connectivity index is 1.87. The molecule has 1 aliphatic rings. The first-order chi connectivity index (χ1) is 15.4. The van der Waals surface area contributed by atoms with E-state index in [4.69, 9.17) is 0 Å². The predicted octanol–water partition coefficient (Wildman–Crippen LogP) is 7.35. The highest BCUT2D eigenvalue weighted by Gasteiger charge is 2.38. The van der Waals surface area contributed by atoms with Crippen molar-refractivity contribution in [1.29, 1.82) is 0 Å². The van der Waals surface area contributed by atoms with Crippen LogP contribution in [0.3, 0.4) is 0 Å². The maximum atomic E-state index is 10.3. The van der Waals surface area contributed by atoms with Crippen LogP contribution in [0.1, 0.15) is 11.1 Å². The summed E-state index contributed by atoms with van der Waals surface area (Å²) in [4.78, 5) is 3.90. The summed E-state index contributed by atoms with van der Waals surface area (Å²) in [6, 6.07) is 34.0. The van der Waals surface area contributed by atoms with Gasteiger partial charge in [-0.15, -0.1) is 0 Å². The van der Waals surface area contributed by atoms with Crippen LogP contribution in [0.2, 0.25) is 0 Å². The topological polar surface area (TPSA) is 36.4 Å². The maximum Gasteiger partial charge on any atom is 0.332 e. The average molecular weight is 392 g/mol. The van der Waals surface area contributed by atoms with Gasteiger partial charge in [0, 0.05) is 11.1 Å². The molecular formula is C29H16N2. The van der Waals surface area contributed by atoms with Crippen molar-refractivity contribution in [1.82, 2.24) is 0 Å². The van der Waals surface area contributed by atoms with Crippen LogP contribution in [-0.4, -0.2) is 10.5 Å². The van der Waals surface area contributed by atoms with Crippen molar-refractivity contribution >= 4 is 48.8 Å². The number of hydrogen-bond acceptors (Lipinski definition) is 0. The minimum Gasteiger partial charge on any atom is -0.361 e. The maximum absolute atomic E-state index is 10.3. The Bertz CT molecular complexity index is 1660. The molecule has 0 N–H and O–H groups in total. The first-order valence-corrected chi connectivity index (χ1v) is 10.5. The molecule has 0 atom stereocenters. The van der Waals surface area contributed by atoms with Gasteiger partial charge in [-0.2, -0.15) is 4.79 Å². The van der Waals surface area contributed by atoms with Crippen LogP contribution in [0, 0.1) is 0 Å². The van der Waals surface area contributed by atoms with Crippen molar-refractivity contribution in [3.8, 4) is 11.1 Å². The molecule has 0 unspecified atom stereocenters. The molecule has 6 aromatic rings. The fraction of sp³-hybridized carbons (Fsp3) is 0. The lowest BCUT2D eigenvalue weighted by Crippen LogP contribution is -2.02. The lowest BCUT2D eigenvalue weighted by atomic mass is 9.89. The standard InChI is InChI=1S/C29H16N2/c30-31-29-27-23-15-7-3-11-19(23)17-9-1-5-13-21(17)25(27)26-22-14-6-2-10-18(22)20-12-4-8-16-24(20)28(26)29/h1-16H. The van der Waals surface area contributed by atoms with Crippen molar-refractivity contribution in [3.05, 3.63) is 114 Å². The van der Waals surface area contributed by atoms with Crippen LogP contribution in [0.4, 0.5) is 0 Å². The molecule has 1 aliphatic carbocycles. The summed E-state index contributed by atoms with van der Waals surface area (Å²) >= 11 is 0. The van der Waals surface area contributed by atoms with E-state index in [9.17, 15) is 5.53 Å². The fourth-order valence-electron chi connectivity index (χ4n) is 5.52. The first kappa shape index (κ1) is 16.5. The summed E-state index contributed by atoms with van der Waals surface area (Å²) in [5.74, 6) is 0. The van der Waals surface area contributed by atoms with Crippen molar-refractivity contribution < 1.29 is 4.79 Å². The van der Waals surface area contributed by atoms with Gasteiger partial charge in [-0.05, 0) is 43.1 Å². The van der Waals surface area contributed by atoms with Gasteiger partial charge >= 0.3 is 5.71 Å². The fourth-order valence-corrected chi connectivity index (χ4v) is 5.52. The van der Waals surface area contributed by atoms with Crippen molar-refractivity contribution in [2.75, 3.05) is 0 Å². The van der Waals surface area contributed by atoms with E-state index in [0.717, 1.165) is 21.9 Å². The molecule has 0 aromatic heterocycles. The van der Waals surface area contributed by atoms with Crippen molar-refractivity contribution in [2.24, 2.45) is 0 Å². The Morgan fingerprint density at radius 1 is 0.355 bits per heavy atom. The third-order valence-electron chi connectivity index (χ3n) is 6.69. The van der Waals surface area contributed by atoms with E-state index < -0.39 is 0 Å². The molecule has 2 nitrogen and oxygen atoms in total. The van der Waals surface area contributed by atoms with E-state index in [1.54, 1.807) is 0 Å². The largest absolute Gasteiger partial charge is 0.361 e. The second-order valence-electron chi connectivity index (χ2n) is 8.13. The van der Waals surface area contributed by atoms with E-state index in [1.807, 2.05) is 0 Å². The van der Waals surface area contributed by atoms with Gasteiger partial charge in [-0.3, -0.25) is 0 Å². The number of benzene rings is 6.